The number of urea groups is 1. The molecule has 31 heteroatoms. The molecule has 1 atom stereocenters. The molecule has 0 saturated heterocycles. The molecule has 83 heavy (non-hydrogen) atoms. The SMILES string of the molecule is CCS(=O)(=O)c1nc2ccccn2c1S(=O)(=O)NC(=O)Nc1nc(OC)cc(OC)n1.CCc1ccc(COc2ccc(-n3c(=O)cc(C(F)(F)F)n(C)c3=O)cc2)c(OC(C)C(=O)OC)c1.O=C(O)COc1ccc(Cl)c2cccnc12. The Morgan fingerprint density at radius 2 is 1.52 bits per heavy atom. The largest absolute Gasteiger partial charge is 0.489 e. The lowest BCUT2D eigenvalue weighted by Gasteiger charge is -2.17. The summed E-state index contributed by atoms with van der Waals surface area (Å²) in [5.74, 6) is -0.867. The van der Waals surface area contributed by atoms with Crippen LogP contribution >= 0.6 is 11.6 Å². The van der Waals surface area contributed by atoms with Crippen molar-refractivity contribution in [2.24, 2.45) is 7.05 Å². The molecule has 0 aliphatic rings. The molecule has 0 aliphatic heterocycles. The van der Waals surface area contributed by atoms with Gasteiger partial charge in [0, 0.05) is 36.5 Å². The monoisotopic (exact) mass is 1210 g/mol. The number of nitrogens with one attached hydrogen (secondary N) is 2. The van der Waals surface area contributed by atoms with Crippen LogP contribution < -0.4 is 45.0 Å². The summed E-state index contributed by atoms with van der Waals surface area (Å²) in [5, 5.41) is 10.6. The van der Waals surface area contributed by atoms with Crippen LogP contribution in [0.1, 0.15) is 37.6 Å². The van der Waals surface area contributed by atoms with Gasteiger partial charge in [-0.05, 0) is 85.6 Å². The Hall–Kier alpha value is -9.29. The number of nitrogens with zero attached hydrogens (tertiary/aromatic N) is 7. The molecule has 0 saturated carbocycles. The topological polar surface area (TPSA) is 319 Å². The van der Waals surface area contributed by atoms with E-state index in [0.717, 1.165) is 28.8 Å². The second kappa shape index (κ2) is 27.0. The molecule has 0 radical (unpaired) electrons. The number of sulfone groups is 1. The lowest BCUT2D eigenvalue weighted by molar-refractivity contribution is -0.148. The predicted octanol–water partition coefficient (Wildman–Crippen LogP) is 6.43. The van der Waals surface area contributed by atoms with E-state index in [1.165, 1.54) is 76.9 Å². The van der Waals surface area contributed by atoms with Crippen LogP contribution in [0.4, 0.5) is 23.9 Å². The highest BCUT2D eigenvalue weighted by atomic mass is 35.5. The summed E-state index contributed by atoms with van der Waals surface area (Å²) >= 11 is 5.98. The molecule has 0 bridgehead atoms. The van der Waals surface area contributed by atoms with Crippen LogP contribution in [-0.4, -0.2) is 113 Å². The van der Waals surface area contributed by atoms with Crippen molar-refractivity contribution in [3.63, 3.8) is 0 Å². The van der Waals surface area contributed by atoms with Gasteiger partial charge >= 0.3 is 29.8 Å². The van der Waals surface area contributed by atoms with Crippen molar-refractivity contribution in [2.45, 2.75) is 56.1 Å². The van der Waals surface area contributed by atoms with Crippen molar-refractivity contribution < 1.29 is 77.9 Å². The summed E-state index contributed by atoms with van der Waals surface area (Å²) in [6, 6.07) is 23.1. The molecule has 3 aromatic carbocycles. The second-order valence-corrected chi connectivity index (χ2v) is 21.1. The smallest absolute Gasteiger partial charge is 0.431 e. The minimum atomic E-state index is -4.84. The number of carbonyl (C=O) groups excluding carboxylic acids is 2. The van der Waals surface area contributed by atoms with Crippen LogP contribution in [0.25, 0.3) is 22.2 Å². The summed E-state index contributed by atoms with van der Waals surface area (Å²) in [6.45, 7) is 4.59. The molecule has 3 N–H and O–H groups in total. The minimum absolute atomic E-state index is 0.0584. The predicted molar refractivity (Wildman–Crippen MR) is 292 cm³/mol. The number of carboxylic acid groups (broad SMARTS) is 1. The fourth-order valence-corrected chi connectivity index (χ4v) is 10.2. The molecular formula is C52H51ClF3N9O16S2. The number of imidazole rings is 1. The highest BCUT2D eigenvalue weighted by molar-refractivity contribution is 7.93. The average Bonchev–Trinajstić information content (AvgIpc) is 2.67. The van der Waals surface area contributed by atoms with Gasteiger partial charge in [-0.1, -0.05) is 43.6 Å². The number of anilines is 1. The van der Waals surface area contributed by atoms with Gasteiger partial charge < -0.3 is 33.5 Å². The van der Waals surface area contributed by atoms with Crippen LogP contribution in [0.5, 0.6) is 29.0 Å². The van der Waals surface area contributed by atoms with Crippen LogP contribution in [0.2, 0.25) is 5.02 Å². The number of aromatic nitrogens is 7. The third-order valence-corrected chi connectivity index (χ3v) is 14.9. The molecule has 8 rings (SSSR count). The third-order valence-electron chi connectivity index (χ3n) is 11.4. The molecule has 1 unspecified atom stereocenters. The zero-order chi connectivity index (χ0) is 61.0. The number of methoxy groups -OCH3 is 3. The zero-order valence-corrected chi connectivity index (χ0v) is 47.2. The molecule has 0 fully saturated rings. The van der Waals surface area contributed by atoms with Crippen LogP contribution in [-0.2, 0) is 60.4 Å². The first-order chi connectivity index (χ1) is 39.2. The summed E-state index contributed by atoms with van der Waals surface area (Å²) in [6.07, 6.45) is -1.99. The number of hydrogen-bond donors (Lipinski definition) is 3. The van der Waals surface area contributed by atoms with E-state index in [-0.39, 0.29) is 41.4 Å². The molecule has 0 spiro atoms. The lowest BCUT2D eigenvalue weighted by atomic mass is 10.1. The average molecular weight is 1210 g/mol. The van der Waals surface area contributed by atoms with Crippen LogP contribution in [0, 0.1) is 0 Å². The molecule has 8 aromatic rings. The van der Waals surface area contributed by atoms with Gasteiger partial charge in [0.2, 0.25) is 17.7 Å². The van der Waals surface area contributed by atoms with Crippen molar-refractivity contribution in [2.75, 3.05) is 39.0 Å². The number of benzene rings is 3. The van der Waals surface area contributed by atoms with Gasteiger partial charge in [0.1, 0.15) is 40.7 Å². The Kier molecular flexibility index (Phi) is 20.5. The molecule has 5 aromatic heterocycles. The number of fused-ring (bicyclic) bond motifs is 2. The summed E-state index contributed by atoms with van der Waals surface area (Å²) < 4.78 is 125. The van der Waals surface area contributed by atoms with Gasteiger partial charge in [-0.15, -0.1) is 0 Å². The van der Waals surface area contributed by atoms with Gasteiger partial charge in [0.05, 0.1) is 43.9 Å². The number of esters is 1. The number of carboxylic acids is 1. The Morgan fingerprint density at radius 1 is 0.831 bits per heavy atom. The number of sulfonamides is 1. The second-order valence-electron chi connectivity index (χ2n) is 16.9. The Bertz CT molecular complexity index is 4030. The van der Waals surface area contributed by atoms with Crippen LogP contribution in [0.3, 0.4) is 0 Å². The fraction of sp³-hybridized carbons (Fsp3) is 0.250. The first-order valence-corrected chi connectivity index (χ1v) is 27.6. The van der Waals surface area contributed by atoms with E-state index >= 15 is 0 Å². The van der Waals surface area contributed by atoms with Crippen molar-refractivity contribution in [3.05, 3.63) is 152 Å². The highest BCUT2D eigenvalue weighted by Gasteiger charge is 2.36. The Balaban J connectivity index is 0.000000213. The van der Waals surface area contributed by atoms with Crippen molar-refractivity contribution in [1.29, 1.82) is 0 Å². The quantitative estimate of drug-likeness (QED) is 0.0779. The zero-order valence-electron chi connectivity index (χ0n) is 44.8. The molecule has 25 nitrogen and oxygen atoms in total. The van der Waals surface area contributed by atoms with Crippen molar-refractivity contribution in [1.82, 2.24) is 38.2 Å². The number of amides is 2. The van der Waals surface area contributed by atoms with Crippen molar-refractivity contribution >= 4 is 71.9 Å². The number of aliphatic carboxylic acids is 1. The van der Waals surface area contributed by atoms with E-state index in [0.29, 0.717) is 48.6 Å². The lowest BCUT2D eigenvalue weighted by Crippen LogP contribution is -2.40. The Morgan fingerprint density at radius 3 is 2.13 bits per heavy atom. The number of hydrogen-bond acceptors (Lipinski definition) is 19. The normalized spacial score (nSPS) is 11.7. The van der Waals surface area contributed by atoms with Crippen LogP contribution in [0.15, 0.2) is 129 Å². The number of rotatable bonds is 18. The van der Waals surface area contributed by atoms with Gasteiger partial charge in [0.15, 0.2) is 32.6 Å². The number of alkyl halides is 3. The molecule has 5 heterocycles. The Labute approximate surface area is 475 Å². The standard InChI is InChI=1S/C25H25F3N2O6.C16H18N6O7S2.C11H8ClNO3/c1-5-16-6-7-17(20(12-16)36-15(2)23(32)34-4)14-35-19-10-8-18(9-11-19)30-22(31)13-21(25(26,27)28)29(3)24(30)33;1-4-30(24,25)13-14(22-8-6-5-7-10(22)17-13)31(26,27)21-16(23)20-15-18-11(28-2)9-12(19-15)29-3;12-8-3-4-9(16-6-10(14)15)11-7(8)2-1-5-13-11/h6-13,15H,5,14H2,1-4H3;5-9H,4H2,1-3H3,(H2,18,19,20,21,23);1-5H,6H2,(H,14,15). The van der Waals surface area contributed by atoms with Gasteiger partial charge in [0.25, 0.3) is 15.6 Å². The number of aryl methyl sites for hydroxylation is 1. The van der Waals surface area contributed by atoms with E-state index in [1.807, 2.05) is 25.1 Å². The number of halogens is 4. The third kappa shape index (κ3) is 15.6. The number of ether oxygens (including phenoxy) is 6. The maximum atomic E-state index is 13.1. The first-order valence-electron chi connectivity index (χ1n) is 24.1. The van der Waals surface area contributed by atoms with Gasteiger partial charge in [-0.3, -0.25) is 24.1 Å². The fourth-order valence-electron chi connectivity index (χ4n) is 7.31. The number of pyridine rings is 2. The number of carbonyl (C=O) groups is 3. The van der Waals surface area contributed by atoms with E-state index in [2.05, 4.69) is 25.3 Å². The maximum absolute atomic E-state index is 13.1. The summed E-state index contributed by atoms with van der Waals surface area (Å²) in [7, 11) is -3.83. The molecule has 0 aliphatic carbocycles. The summed E-state index contributed by atoms with van der Waals surface area (Å²) in [5.41, 5.74) is -1.16. The molecule has 440 valence electrons. The van der Waals surface area contributed by atoms with Gasteiger partial charge in [-0.2, -0.15) is 31.6 Å². The molecule has 2 amide bonds. The minimum Gasteiger partial charge on any atom is -0.489 e. The maximum Gasteiger partial charge on any atom is 0.431 e. The van der Waals surface area contributed by atoms with Gasteiger partial charge in [-0.25, -0.2) is 41.9 Å². The van der Waals surface area contributed by atoms with Crippen molar-refractivity contribution in [3.8, 4) is 34.7 Å². The molecular weight excluding hydrogens is 1160 g/mol. The van der Waals surface area contributed by atoms with E-state index < -0.39 is 83.7 Å². The highest BCUT2D eigenvalue weighted by Crippen LogP contribution is 2.31. The van der Waals surface area contributed by atoms with E-state index in [9.17, 15) is 54.0 Å². The first kappa shape index (κ1) is 62.9. The van der Waals surface area contributed by atoms with E-state index in [1.54, 1.807) is 48.2 Å². The summed E-state index contributed by atoms with van der Waals surface area (Å²) in [4.78, 5) is 75.0. The van der Waals surface area contributed by atoms with E-state index in [4.69, 9.17) is 45.1 Å².